The lowest BCUT2D eigenvalue weighted by Crippen LogP contribution is -2.42. The lowest BCUT2D eigenvalue weighted by Gasteiger charge is -2.31. The maximum Gasteiger partial charge on any atom is 0.218 e. The van der Waals surface area contributed by atoms with Crippen molar-refractivity contribution in [2.24, 2.45) is 5.92 Å². The van der Waals surface area contributed by atoms with Crippen molar-refractivity contribution in [3.05, 3.63) is 78.4 Å². The molecule has 0 bridgehead atoms. The minimum Gasteiger partial charge on any atom is -0.490 e. The number of rotatable bonds is 10. The van der Waals surface area contributed by atoms with E-state index in [1.807, 2.05) is 66.7 Å². The molecule has 7 nitrogen and oxygen atoms in total. The van der Waals surface area contributed by atoms with Gasteiger partial charge in [0.05, 0.1) is 11.3 Å². The fraction of sp³-hybridized carbons (Fsp3) is 0.357. The van der Waals surface area contributed by atoms with Crippen LogP contribution in [0.2, 0.25) is 0 Å². The molecule has 1 aliphatic rings. The van der Waals surface area contributed by atoms with Crippen molar-refractivity contribution in [2.75, 3.05) is 32.8 Å². The number of fused-ring (bicyclic) bond motifs is 3. The number of nitrogens with one attached hydrogen (secondary N) is 2. The number of para-hydroxylation sites is 1. The number of H-pyrrole nitrogens is 1. The minimum atomic E-state index is -3.30. The molecular formula is C28H33N3O4S. The Kier molecular flexibility index (Phi) is 7.57. The number of piperidine rings is 1. The molecular weight excluding hydrogens is 474 g/mol. The topological polar surface area (TPSA) is 94.7 Å². The standard InChI is InChI=1S/C28H33N3O4S/c32-23(19-35-27-12-6-11-26-28(27)24-9-4-5-10-25(24)30-26)18-29-17-21-13-15-31(16-14-21)36(33,34)20-22-7-2-1-3-8-22/h1-12,21,23,29-30,32H,13-20H2/t23-/m0/s1. The highest BCUT2D eigenvalue weighted by atomic mass is 32.2. The molecule has 1 aromatic heterocycles. The number of benzene rings is 3. The zero-order valence-corrected chi connectivity index (χ0v) is 21.1. The van der Waals surface area contributed by atoms with Crippen LogP contribution in [0.3, 0.4) is 0 Å². The van der Waals surface area contributed by atoms with E-state index >= 15 is 0 Å². The molecule has 0 amide bonds. The number of aliphatic hydroxyl groups excluding tert-OH is 1. The van der Waals surface area contributed by atoms with E-state index in [2.05, 4.69) is 16.4 Å². The van der Waals surface area contributed by atoms with Gasteiger partial charge in [0.2, 0.25) is 10.0 Å². The molecule has 1 fully saturated rings. The summed E-state index contributed by atoms with van der Waals surface area (Å²) in [5, 5.41) is 16.0. The Morgan fingerprint density at radius 3 is 2.50 bits per heavy atom. The lowest BCUT2D eigenvalue weighted by molar-refractivity contribution is 0.105. The second-order valence-corrected chi connectivity index (χ2v) is 11.5. The molecule has 4 aromatic rings. The Hall–Kier alpha value is -2.91. The average molecular weight is 508 g/mol. The van der Waals surface area contributed by atoms with Crippen LogP contribution in [0.15, 0.2) is 72.8 Å². The third-order valence-electron chi connectivity index (χ3n) is 6.89. The van der Waals surface area contributed by atoms with Crippen molar-refractivity contribution < 1.29 is 18.3 Å². The first-order valence-electron chi connectivity index (χ1n) is 12.5. The van der Waals surface area contributed by atoms with Crippen LogP contribution in [-0.2, 0) is 15.8 Å². The van der Waals surface area contributed by atoms with Gasteiger partial charge in [0, 0.05) is 35.9 Å². The molecule has 0 unspecified atom stereocenters. The Labute approximate surface area is 212 Å². The van der Waals surface area contributed by atoms with Gasteiger partial charge < -0.3 is 20.1 Å². The van der Waals surface area contributed by atoms with Gasteiger partial charge in [-0.1, -0.05) is 54.6 Å². The largest absolute Gasteiger partial charge is 0.490 e. The predicted octanol–water partition coefficient (Wildman–Crippen LogP) is 3.89. The number of sulfonamides is 1. The average Bonchev–Trinajstić information content (AvgIpc) is 3.27. The van der Waals surface area contributed by atoms with E-state index in [1.165, 1.54) is 0 Å². The number of aliphatic hydroxyl groups is 1. The molecule has 3 aromatic carbocycles. The molecule has 0 radical (unpaired) electrons. The number of nitrogens with zero attached hydrogens (tertiary/aromatic N) is 1. The molecule has 0 saturated carbocycles. The fourth-order valence-electron chi connectivity index (χ4n) is 4.96. The van der Waals surface area contributed by atoms with E-state index in [1.54, 1.807) is 4.31 Å². The molecule has 0 spiro atoms. The van der Waals surface area contributed by atoms with Gasteiger partial charge in [0.1, 0.15) is 18.5 Å². The van der Waals surface area contributed by atoms with Crippen LogP contribution >= 0.6 is 0 Å². The molecule has 190 valence electrons. The molecule has 36 heavy (non-hydrogen) atoms. The molecule has 1 saturated heterocycles. The van der Waals surface area contributed by atoms with Gasteiger partial charge in [-0.3, -0.25) is 0 Å². The van der Waals surface area contributed by atoms with Crippen molar-refractivity contribution in [3.8, 4) is 5.75 Å². The maximum absolute atomic E-state index is 12.8. The summed E-state index contributed by atoms with van der Waals surface area (Å²) in [6, 6.07) is 23.4. The number of hydrogen-bond acceptors (Lipinski definition) is 5. The summed E-state index contributed by atoms with van der Waals surface area (Å²) in [7, 11) is -3.30. The summed E-state index contributed by atoms with van der Waals surface area (Å²) in [6.45, 7) is 2.46. The predicted molar refractivity (Wildman–Crippen MR) is 144 cm³/mol. The Bertz CT molecular complexity index is 1400. The quantitative estimate of drug-likeness (QED) is 0.303. The Balaban J connectivity index is 1.06. The van der Waals surface area contributed by atoms with E-state index in [-0.39, 0.29) is 12.4 Å². The molecule has 0 aliphatic carbocycles. The van der Waals surface area contributed by atoms with Gasteiger partial charge in [-0.05, 0) is 49.1 Å². The Morgan fingerprint density at radius 2 is 1.69 bits per heavy atom. The molecule has 1 atom stereocenters. The number of aromatic nitrogens is 1. The maximum atomic E-state index is 12.8. The number of ether oxygens (including phenoxy) is 1. The van der Waals surface area contributed by atoms with Crippen molar-refractivity contribution in [1.82, 2.24) is 14.6 Å². The number of hydrogen-bond donors (Lipinski definition) is 3. The third kappa shape index (κ3) is 5.73. The van der Waals surface area contributed by atoms with E-state index in [0.29, 0.717) is 25.6 Å². The van der Waals surface area contributed by atoms with Crippen molar-refractivity contribution in [3.63, 3.8) is 0 Å². The summed E-state index contributed by atoms with van der Waals surface area (Å²) < 4.78 is 33.1. The highest BCUT2D eigenvalue weighted by molar-refractivity contribution is 7.88. The SMILES string of the molecule is O=S(=O)(Cc1ccccc1)N1CCC(CNC[C@H](O)COc2cccc3[nH]c4ccccc4c23)CC1. The van der Waals surface area contributed by atoms with Gasteiger partial charge in [-0.15, -0.1) is 0 Å². The summed E-state index contributed by atoms with van der Waals surface area (Å²) in [5.74, 6) is 1.20. The van der Waals surface area contributed by atoms with Crippen LogP contribution in [0.4, 0.5) is 0 Å². The van der Waals surface area contributed by atoms with Crippen LogP contribution in [0.1, 0.15) is 18.4 Å². The van der Waals surface area contributed by atoms with Gasteiger partial charge in [-0.2, -0.15) is 0 Å². The second kappa shape index (κ2) is 11.0. The van der Waals surface area contributed by atoms with Crippen LogP contribution < -0.4 is 10.1 Å². The second-order valence-electron chi connectivity index (χ2n) is 9.56. The normalized spacial score (nSPS) is 16.5. The summed E-state index contributed by atoms with van der Waals surface area (Å²) >= 11 is 0. The zero-order valence-electron chi connectivity index (χ0n) is 20.3. The van der Waals surface area contributed by atoms with Gasteiger partial charge in [-0.25, -0.2) is 12.7 Å². The van der Waals surface area contributed by atoms with Crippen LogP contribution in [0, 0.1) is 5.92 Å². The van der Waals surface area contributed by atoms with E-state index in [0.717, 1.165) is 52.5 Å². The van der Waals surface area contributed by atoms with Crippen LogP contribution in [0.25, 0.3) is 21.8 Å². The monoisotopic (exact) mass is 507 g/mol. The first-order valence-corrected chi connectivity index (χ1v) is 14.1. The summed E-state index contributed by atoms with van der Waals surface area (Å²) in [4.78, 5) is 3.41. The zero-order chi connectivity index (χ0) is 25.0. The van der Waals surface area contributed by atoms with Crippen LogP contribution in [0.5, 0.6) is 5.75 Å². The Morgan fingerprint density at radius 1 is 0.972 bits per heavy atom. The van der Waals surface area contributed by atoms with Gasteiger partial charge >= 0.3 is 0 Å². The minimum absolute atomic E-state index is 0.0508. The third-order valence-corrected chi connectivity index (χ3v) is 8.75. The molecule has 8 heteroatoms. The number of aromatic amines is 1. The van der Waals surface area contributed by atoms with Gasteiger partial charge in [0.15, 0.2) is 0 Å². The molecule has 3 N–H and O–H groups in total. The highest BCUT2D eigenvalue weighted by Crippen LogP contribution is 2.33. The van der Waals surface area contributed by atoms with E-state index in [9.17, 15) is 13.5 Å². The highest BCUT2D eigenvalue weighted by Gasteiger charge is 2.28. The smallest absolute Gasteiger partial charge is 0.218 e. The summed E-state index contributed by atoms with van der Waals surface area (Å²) in [5.41, 5.74) is 2.89. The molecule has 2 heterocycles. The van der Waals surface area contributed by atoms with E-state index < -0.39 is 16.1 Å². The van der Waals surface area contributed by atoms with E-state index in [4.69, 9.17) is 4.74 Å². The summed E-state index contributed by atoms with van der Waals surface area (Å²) in [6.07, 6.45) is 0.989. The first kappa shape index (κ1) is 24.8. The van der Waals surface area contributed by atoms with Crippen LogP contribution in [-0.4, -0.2) is 61.7 Å². The lowest BCUT2D eigenvalue weighted by atomic mass is 9.98. The van der Waals surface area contributed by atoms with Crippen molar-refractivity contribution >= 4 is 31.8 Å². The molecule has 5 rings (SSSR count). The molecule has 1 aliphatic heterocycles. The van der Waals surface area contributed by atoms with Crippen molar-refractivity contribution in [2.45, 2.75) is 24.7 Å². The van der Waals surface area contributed by atoms with Crippen molar-refractivity contribution in [1.29, 1.82) is 0 Å². The fourth-order valence-corrected chi connectivity index (χ4v) is 6.52. The van der Waals surface area contributed by atoms with Gasteiger partial charge in [0.25, 0.3) is 0 Å². The first-order chi connectivity index (χ1) is 17.5.